The number of benzene rings is 2. The van der Waals surface area contributed by atoms with E-state index < -0.39 is 6.04 Å². The number of rotatable bonds is 4. The first-order chi connectivity index (χ1) is 16.5. The average Bonchev–Trinajstić information content (AvgIpc) is 3.09. The Morgan fingerprint density at radius 1 is 1.12 bits per heavy atom. The van der Waals surface area contributed by atoms with E-state index in [1.165, 1.54) is 11.3 Å². The van der Waals surface area contributed by atoms with Gasteiger partial charge in [-0.15, -0.1) is 0 Å². The summed E-state index contributed by atoms with van der Waals surface area (Å²) >= 11 is 7.34. The number of halogens is 1. The molecule has 0 radical (unpaired) electrons. The van der Waals surface area contributed by atoms with Crippen molar-refractivity contribution in [1.29, 1.82) is 0 Å². The molecule has 0 saturated carbocycles. The molecule has 2 aromatic carbocycles. The smallest absolute Gasteiger partial charge is 0.307 e. The molecule has 0 bridgehead atoms. The van der Waals surface area contributed by atoms with Crippen molar-refractivity contribution in [2.45, 2.75) is 31.7 Å². The van der Waals surface area contributed by atoms with Gasteiger partial charge in [-0.25, -0.2) is 0 Å². The zero-order valence-electron chi connectivity index (χ0n) is 19.2. The Hall–Kier alpha value is -2.90. The minimum atomic E-state index is -0.451. The van der Waals surface area contributed by atoms with Crippen LogP contribution in [0.25, 0.3) is 11.3 Å². The molecular formula is C26H26ClN3O3S. The molecule has 1 atom stereocenters. The molecule has 8 heteroatoms. The predicted octanol–water partition coefficient (Wildman–Crippen LogP) is 5.07. The second kappa shape index (κ2) is 9.39. The van der Waals surface area contributed by atoms with Crippen LogP contribution in [0, 0.1) is 0 Å². The van der Waals surface area contributed by atoms with E-state index in [2.05, 4.69) is 0 Å². The zero-order chi connectivity index (χ0) is 23.8. The molecule has 34 heavy (non-hydrogen) atoms. The fourth-order valence-corrected chi connectivity index (χ4v) is 5.92. The van der Waals surface area contributed by atoms with Crippen LogP contribution in [0.2, 0.25) is 5.02 Å². The van der Waals surface area contributed by atoms with Crippen LogP contribution in [0.5, 0.6) is 5.75 Å². The number of fused-ring (bicyclic) bond motifs is 3. The van der Waals surface area contributed by atoms with Crippen LogP contribution in [0.15, 0.2) is 52.3 Å². The molecular weight excluding hydrogens is 470 g/mol. The first-order valence-electron chi connectivity index (χ1n) is 11.5. The summed E-state index contributed by atoms with van der Waals surface area (Å²) in [7, 11) is 3.41. The Labute approximate surface area is 207 Å². The summed E-state index contributed by atoms with van der Waals surface area (Å²) in [6.07, 6.45) is 3.46. The maximum Gasteiger partial charge on any atom is 0.307 e. The van der Waals surface area contributed by atoms with Crippen LogP contribution < -0.4 is 9.61 Å². The Kier molecular flexibility index (Phi) is 6.32. The molecule has 2 aliphatic heterocycles. The van der Waals surface area contributed by atoms with Gasteiger partial charge in [0.2, 0.25) is 5.91 Å². The first kappa shape index (κ1) is 22.9. The predicted molar refractivity (Wildman–Crippen MR) is 136 cm³/mol. The van der Waals surface area contributed by atoms with Gasteiger partial charge in [-0.1, -0.05) is 35.1 Å². The van der Waals surface area contributed by atoms with Crippen molar-refractivity contribution in [1.82, 2.24) is 9.47 Å². The van der Waals surface area contributed by atoms with Gasteiger partial charge in [0, 0.05) is 41.9 Å². The van der Waals surface area contributed by atoms with E-state index in [4.69, 9.17) is 21.3 Å². The van der Waals surface area contributed by atoms with Gasteiger partial charge in [-0.2, -0.15) is 0 Å². The third kappa shape index (κ3) is 4.18. The second-order valence-corrected chi connectivity index (χ2v) is 10.1. The van der Waals surface area contributed by atoms with Gasteiger partial charge in [0.15, 0.2) is 0 Å². The topological polar surface area (TPSA) is 63.9 Å². The highest BCUT2D eigenvalue weighted by molar-refractivity contribution is 7.09. The van der Waals surface area contributed by atoms with Crippen molar-refractivity contribution in [2.24, 2.45) is 12.0 Å². The van der Waals surface area contributed by atoms with Crippen molar-refractivity contribution in [3.05, 3.63) is 73.2 Å². The van der Waals surface area contributed by atoms with Crippen molar-refractivity contribution < 1.29 is 9.53 Å². The van der Waals surface area contributed by atoms with E-state index in [1.807, 2.05) is 47.4 Å². The summed E-state index contributed by atoms with van der Waals surface area (Å²) in [6, 6.07) is 12.9. The molecule has 5 rings (SSSR count). The monoisotopic (exact) mass is 495 g/mol. The molecule has 0 aliphatic carbocycles. The van der Waals surface area contributed by atoms with Crippen molar-refractivity contribution in [3.63, 3.8) is 0 Å². The van der Waals surface area contributed by atoms with E-state index >= 15 is 0 Å². The number of hydrogen-bond donors (Lipinski definition) is 0. The Bertz CT molecular complexity index is 1320. The molecule has 0 N–H and O–H groups in total. The van der Waals surface area contributed by atoms with E-state index in [0.717, 1.165) is 65.3 Å². The van der Waals surface area contributed by atoms with Gasteiger partial charge in [-0.3, -0.25) is 14.6 Å². The lowest BCUT2D eigenvalue weighted by atomic mass is 9.95. The fraction of sp³-hybridized carbons (Fsp3) is 0.346. The molecule has 1 fully saturated rings. The molecule has 2 aliphatic rings. The SMILES string of the molecule is COc1ccc2c(c1)C(c1ccc(Cl)cc1)=NC(CC(=O)N1CCCCC1)c1sc(=O)n(C)c1-2. The van der Waals surface area contributed by atoms with Gasteiger partial charge < -0.3 is 14.2 Å². The second-order valence-electron chi connectivity index (χ2n) is 8.70. The number of carbonyl (C=O) groups excluding carboxylic acids is 1. The lowest BCUT2D eigenvalue weighted by Gasteiger charge is -2.27. The minimum Gasteiger partial charge on any atom is -0.497 e. The number of likely N-dealkylation sites (tertiary alicyclic amines) is 1. The number of methoxy groups -OCH3 is 1. The van der Waals surface area contributed by atoms with E-state index in [9.17, 15) is 9.59 Å². The Balaban J connectivity index is 1.69. The largest absolute Gasteiger partial charge is 0.497 e. The molecule has 0 spiro atoms. The summed E-state index contributed by atoms with van der Waals surface area (Å²) in [5.74, 6) is 0.784. The number of thiazole rings is 1. The molecule has 1 aromatic heterocycles. The molecule has 1 amide bonds. The van der Waals surface area contributed by atoms with Gasteiger partial charge in [0.05, 0.1) is 35.9 Å². The van der Waals surface area contributed by atoms with E-state index in [1.54, 1.807) is 18.7 Å². The quantitative estimate of drug-likeness (QED) is 0.507. The highest BCUT2D eigenvalue weighted by Gasteiger charge is 2.32. The molecule has 6 nitrogen and oxygen atoms in total. The number of carbonyl (C=O) groups is 1. The number of ether oxygens (including phenoxy) is 1. The fourth-order valence-electron chi connectivity index (χ4n) is 4.76. The van der Waals surface area contributed by atoms with Gasteiger partial charge in [0.25, 0.3) is 0 Å². The van der Waals surface area contributed by atoms with Crippen molar-refractivity contribution in [2.75, 3.05) is 20.2 Å². The van der Waals surface area contributed by atoms with E-state index in [0.29, 0.717) is 10.8 Å². The van der Waals surface area contributed by atoms with Gasteiger partial charge >= 0.3 is 4.87 Å². The number of piperidine rings is 1. The Morgan fingerprint density at radius 3 is 2.56 bits per heavy atom. The van der Waals surface area contributed by atoms with Crippen molar-refractivity contribution >= 4 is 34.6 Å². The number of hydrogen-bond acceptors (Lipinski definition) is 5. The Morgan fingerprint density at radius 2 is 1.85 bits per heavy atom. The van der Waals surface area contributed by atoms with Crippen LogP contribution in [0.3, 0.4) is 0 Å². The normalized spacial score (nSPS) is 17.4. The highest BCUT2D eigenvalue weighted by Crippen LogP contribution is 2.41. The van der Waals surface area contributed by atoms with Crippen LogP contribution in [0.4, 0.5) is 0 Å². The first-order valence-corrected chi connectivity index (χ1v) is 12.7. The van der Waals surface area contributed by atoms with Gasteiger partial charge in [-0.05, 0) is 49.6 Å². The number of nitrogens with zero attached hydrogens (tertiary/aromatic N) is 3. The van der Waals surface area contributed by atoms with Crippen LogP contribution in [0.1, 0.15) is 47.7 Å². The maximum atomic E-state index is 13.3. The molecule has 3 aromatic rings. The summed E-state index contributed by atoms with van der Waals surface area (Å²) < 4.78 is 7.19. The van der Waals surface area contributed by atoms with Gasteiger partial charge in [0.1, 0.15) is 5.75 Å². The third-order valence-corrected chi connectivity index (χ3v) is 7.94. The minimum absolute atomic E-state index is 0.0627. The zero-order valence-corrected chi connectivity index (χ0v) is 20.8. The molecule has 1 saturated heterocycles. The molecule has 1 unspecified atom stereocenters. The lowest BCUT2D eigenvalue weighted by molar-refractivity contribution is -0.132. The number of aliphatic imine (C=N–C) groups is 1. The maximum absolute atomic E-state index is 13.3. The van der Waals surface area contributed by atoms with E-state index in [-0.39, 0.29) is 17.2 Å². The van der Waals surface area contributed by atoms with Crippen LogP contribution in [-0.2, 0) is 11.8 Å². The van der Waals surface area contributed by atoms with Crippen LogP contribution >= 0.6 is 22.9 Å². The average molecular weight is 496 g/mol. The summed E-state index contributed by atoms with van der Waals surface area (Å²) in [5, 5.41) is 0.641. The van der Waals surface area contributed by atoms with Crippen LogP contribution in [-0.4, -0.2) is 41.3 Å². The third-order valence-electron chi connectivity index (χ3n) is 6.56. The summed E-state index contributed by atoms with van der Waals surface area (Å²) in [5.41, 5.74) is 4.24. The number of aromatic nitrogens is 1. The van der Waals surface area contributed by atoms with Crippen molar-refractivity contribution in [3.8, 4) is 17.0 Å². The standard InChI is InChI=1S/C26H26ClN3O3S/c1-29-24-19-11-10-18(33-2)14-20(19)23(16-6-8-17(27)9-7-16)28-21(25(24)34-26(29)32)15-22(31)30-12-4-3-5-13-30/h6-11,14,21H,3-5,12-13,15H2,1-2H3. The lowest BCUT2D eigenvalue weighted by Crippen LogP contribution is -2.36. The highest BCUT2D eigenvalue weighted by atomic mass is 35.5. The summed E-state index contributed by atoms with van der Waals surface area (Å²) in [4.78, 5) is 33.9. The number of amides is 1. The molecule has 176 valence electrons. The molecule has 3 heterocycles. The summed E-state index contributed by atoms with van der Waals surface area (Å²) in [6.45, 7) is 1.57.